The van der Waals surface area contributed by atoms with E-state index in [9.17, 15) is 14.4 Å². The van der Waals surface area contributed by atoms with Crippen molar-refractivity contribution in [1.82, 2.24) is 16.0 Å². The molecule has 0 saturated carbocycles. The number of nitrogens with one attached hydrogen (secondary N) is 3. The summed E-state index contributed by atoms with van der Waals surface area (Å²) >= 11 is 0. The van der Waals surface area contributed by atoms with Gasteiger partial charge in [0.25, 0.3) is 0 Å². The van der Waals surface area contributed by atoms with Crippen LogP contribution in [0.25, 0.3) is 0 Å². The van der Waals surface area contributed by atoms with Crippen LogP contribution in [0, 0.1) is 0 Å². The Hall–Kier alpha value is -1.72. The summed E-state index contributed by atoms with van der Waals surface area (Å²) in [5, 5.41) is 8.59. The van der Waals surface area contributed by atoms with Crippen molar-refractivity contribution in [3.63, 3.8) is 0 Å². The Morgan fingerprint density at radius 1 is 0.523 bits per heavy atom. The van der Waals surface area contributed by atoms with Crippen LogP contribution in [0.5, 0.6) is 0 Å². The second-order valence-electron chi connectivity index (χ2n) is 13.2. The van der Waals surface area contributed by atoms with Crippen molar-refractivity contribution in [2.24, 2.45) is 17.2 Å². The first kappa shape index (κ1) is 49.2. The largest absolute Gasteiger partial charge is 0.822 e. The van der Waals surface area contributed by atoms with Gasteiger partial charge in [0, 0.05) is 19.3 Å². The summed E-state index contributed by atoms with van der Waals surface area (Å²) in [6.07, 6.45) is 3.97. The van der Waals surface area contributed by atoms with E-state index in [0.29, 0.717) is 38.9 Å². The van der Waals surface area contributed by atoms with Gasteiger partial charge >= 0.3 is 0 Å². The average molecular weight is 660 g/mol. The Morgan fingerprint density at radius 2 is 0.705 bits per heavy atom. The minimum atomic E-state index is -5.39. The van der Waals surface area contributed by atoms with Crippen molar-refractivity contribution < 1.29 is 47.1 Å². The molecule has 0 saturated heterocycles. The van der Waals surface area contributed by atoms with Crippen LogP contribution in [0.3, 0.4) is 0 Å². The number of phosphoric acid groups is 1. The third kappa shape index (κ3) is 63.5. The standard InChI is InChI=1S/3C9H21N3O.H3O4P/c3*1-12(2,3)8-7-11-9(13)5-4-6-10;1-5(2,3)4/h3*4-8,10H2,1-3H3;(H3,1,2,3,4). The van der Waals surface area contributed by atoms with Crippen LogP contribution in [0.4, 0.5) is 0 Å². The van der Waals surface area contributed by atoms with E-state index < -0.39 is 7.82 Å². The minimum Gasteiger partial charge on any atom is -0.822 e. The molecule has 0 aromatic carbocycles. The Labute approximate surface area is 266 Å². The van der Waals surface area contributed by atoms with Gasteiger partial charge < -0.3 is 65.8 Å². The van der Waals surface area contributed by atoms with Gasteiger partial charge in [-0.15, -0.1) is 0 Å². The SMILES string of the molecule is C[N+](C)(C)CCNC(=O)CCCN.C[N+](C)(C)CCNC(=O)CCCN.C[N+](C)(C)CCNC(=O)CCCN.O=P([O-])([O-])[O-]. The number of hydrogen-bond donors (Lipinski definition) is 6. The summed E-state index contributed by atoms with van der Waals surface area (Å²) in [4.78, 5) is 59.0. The van der Waals surface area contributed by atoms with Gasteiger partial charge in [0.2, 0.25) is 17.7 Å². The molecule has 17 heteroatoms. The maximum Gasteiger partial charge on any atom is 0.220 e. The molecule has 0 atom stereocenters. The lowest BCUT2D eigenvalue weighted by molar-refractivity contribution is -0.869. The number of rotatable bonds is 18. The third-order valence-electron chi connectivity index (χ3n) is 5.14. The highest BCUT2D eigenvalue weighted by molar-refractivity contribution is 7.40. The smallest absolute Gasteiger partial charge is 0.220 e. The van der Waals surface area contributed by atoms with E-state index in [1.54, 1.807) is 0 Å². The number of quaternary nitrogens is 3. The zero-order valence-electron chi connectivity index (χ0n) is 29.0. The molecule has 0 aliphatic rings. The lowest BCUT2D eigenvalue weighted by Gasteiger charge is -2.36. The number of carbonyl (C=O) groups excluding carboxylic acids is 3. The lowest BCUT2D eigenvalue weighted by Crippen LogP contribution is -2.41. The molecule has 0 aromatic heterocycles. The van der Waals surface area contributed by atoms with E-state index >= 15 is 0 Å². The van der Waals surface area contributed by atoms with Crippen LogP contribution in [-0.2, 0) is 18.9 Å². The fourth-order valence-corrected chi connectivity index (χ4v) is 2.65. The number of carbonyl (C=O) groups is 3. The van der Waals surface area contributed by atoms with Gasteiger partial charge in [-0.25, -0.2) is 0 Å². The molecule has 44 heavy (non-hydrogen) atoms. The van der Waals surface area contributed by atoms with Gasteiger partial charge in [-0.1, -0.05) is 0 Å². The van der Waals surface area contributed by atoms with E-state index in [0.717, 1.165) is 72.0 Å². The molecule has 16 nitrogen and oxygen atoms in total. The summed E-state index contributed by atoms with van der Waals surface area (Å²) in [6.45, 7) is 6.85. The van der Waals surface area contributed by atoms with Crippen LogP contribution in [-0.4, -0.2) is 154 Å². The minimum absolute atomic E-state index is 0.110. The second-order valence-corrected chi connectivity index (χ2v) is 14.1. The Bertz CT molecular complexity index is 685. The monoisotopic (exact) mass is 659 g/mol. The molecule has 0 aliphatic heterocycles. The first-order valence-electron chi connectivity index (χ1n) is 14.9. The number of amides is 3. The topological polar surface area (TPSA) is 252 Å². The molecule has 9 N–H and O–H groups in total. The predicted octanol–water partition coefficient (Wildman–Crippen LogP) is -4.18. The predicted molar refractivity (Wildman–Crippen MR) is 170 cm³/mol. The van der Waals surface area contributed by atoms with Gasteiger partial charge in [-0.2, -0.15) is 7.82 Å². The molecule has 0 heterocycles. The Morgan fingerprint density at radius 3 is 0.841 bits per heavy atom. The molecule has 0 aliphatic carbocycles. The van der Waals surface area contributed by atoms with Gasteiger partial charge in [0.05, 0.1) is 103 Å². The average Bonchev–Trinajstić information content (AvgIpc) is 2.82. The van der Waals surface area contributed by atoms with E-state index in [1.807, 2.05) is 0 Å². The fourth-order valence-electron chi connectivity index (χ4n) is 2.65. The van der Waals surface area contributed by atoms with Crippen molar-refractivity contribution in [2.45, 2.75) is 38.5 Å². The first-order valence-corrected chi connectivity index (χ1v) is 16.4. The van der Waals surface area contributed by atoms with Gasteiger partial charge in [0.15, 0.2) is 0 Å². The molecule has 0 rings (SSSR count). The highest BCUT2D eigenvalue weighted by Gasteiger charge is 2.09. The summed E-state index contributed by atoms with van der Waals surface area (Å²) < 4.78 is 11.2. The summed E-state index contributed by atoms with van der Waals surface area (Å²) in [7, 11) is 13.5. The Balaban J connectivity index is -0.000000253. The first-order chi connectivity index (χ1) is 19.9. The van der Waals surface area contributed by atoms with E-state index in [4.69, 9.17) is 36.4 Å². The molecule has 0 bridgehead atoms. The van der Waals surface area contributed by atoms with Crippen molar-refractivity contribution in [2.75, 3.05) is 122 Å². The highest BCUT2D eigenvalue weighted by Crippen LogP contribution is 2.03. The zero-order chi connectivity index (χ0) is 35.5. The summed E-state index contributed by atoms with van der Waals surface area (Å²) in [5.41, 5.74) is 15.9. The molecule has 0 fully saturated rings. The summed E-state index contributed by atoms with van der Waals surface area (Å²) in [6, 6.07) is 0. The summed E-state index contributed by atoms with van der Waals surface area (Å²) in [5.74, 6) is 0.330. The fraction of sp³-hybridized carbons (Fsp3) is 0.889. The van der Waals surface area contributed by atoms with Crippen molar-refractivity contribution in [1.29, 1.82) is 0 Å². The van der Waals surface area contributed by atoms with Crippen LogP contribution >= 0.6 is 7.82 Å². The molecule has 3 amide bonds. The Kier molecular flexibility index (Phi) is 30.8. The van der Waals surface area contributed by atoms with Crippen molar-refractivity contribution >= 4 is 25.5 Å². The normalized spacial score (nSPS) is 11.4. The van der Waals surface area contributed by atoms with E-state index in [2.05, 4.69) is 79.4 Å². The van der Waals surface area contributed by atoms with Crippen LogP contribution < -0.4 is 47.8 Å². The highest BCUT2D eigenvalue weighted by atomic mass is 31.2. The molecule has 0 radical (unpaired) electrons. The number of nitrogens with two attached hydrogens (primary N) is 3. The van der Waals surface area contributed by atoms with Crippen molar-refractivity contribution in [3.05, 3.63) is 0 Å². The molecule has 266 valence electrons. The maximum atomic E-state index is 11.1. The van der Waals surface area contributed by atoms with Crippen LogP contribution in [0.2, 0.25) is 0 Å². The molecular formula is C27H66N9O7P. The van der Waals surface area contributed by atoms with Crippen LogP contribution in [0.1, 0.15) is 38.5 Å². The maximum absolute atomic E-state index is 11.1. The van der Waals surface area contributed by atoms with Gasteiger partial charge in [-0.05, 0) is 38.9 Å². The molecule has 0 unspecified atom stereocenters. The molecule has 0 aromatic rings. The van der Waals surface area contributed by atoms with Gasteiger partial charge in [0.1, 0.15) is 0 Å². The van der Waals surface area contributed by atoms with Crippen LogP contribution in [0.15, 0.2) is 0 Å². The molecule has 0 spiro atoms. The number of nitrogens with zero attached hydrogens (tertiary/aromatic N) is 3. The zero-order valence-corrected chi connectivity index (χ0v) is 29.9. The molecular weight excluding hydrogens is 593 g/mol. The lowest BCUT2D eigenvalue weighted by atomic mass is 10.3. The second kappa shape index (κ2) is 27.6. The third-order valence-corrected chi connectivity index (χ3v) is 5.14. The number of likely N-dealkylation sites (N-methyl/N-ethyl adjacent to an activating group) is 3. The van der Waals surface area contributed by atoms with E-state index in [-0.39, 0.29) is 17.7 Å². The number of hydrogen-bond acceptors (Lipinski definition) is 10. The van der Waals surface area contributed by atoms with E-state index in [1.165, 1.54) is 0 Å². The quantitative estimate of drug-likeness (QED) is 0.0611. The van der Waals surface area contributed by atoms with Crippen molar-refractivity contribution in [3.8, 4) is 0 Å². The van der Waals surface area contributed by atoms with Gasteiger partial charge in [-0.3, -0.25) is 14.4 Å².